The summed E-state index contributed by atoms with van der Waals surface area (Å²) in [7, 11) is -4.27. The normalized spacial score (nSPS) is 14.7. The molecule has 1 aromatic carbocycles. The van der Waals surface area contributed by atoms with E-state index in [2.05, 4.69) is 9.05 Å². The highest BCUT2D eigenvalue weighted by molar-refractivity contribution is 7.99. The van der Waals surface area contributed by atoms with Gasteiger partial charge in [0.15, 0.2) is 0 Å². The monoisotopic (exact) mass is 402 g/mol. The molecular weight excluding hydrogens is 390 g/mol. The maximum Gasteiger partial charge on any atom is 0.527 e. The Labute approximate surface area is 139 Å². The predicted molar refractivity (Wildman–Crippen MR) is 77.5 cm³/mol. The van der Waals surface area contributed by atoms with E-state index in [-0.39, 0.29) is 29.7 Å². The SMILES string of the molecule is CCOP(=O)(O)Oc1ccc(SCC(F)(F)C(F)(F)F)cc1.Cl. The van der Waals surface area contributed by atoms with Crippen LogP contribution in [-0.4, -0.2) is 29.4 Å². The quantitative estimate of drug-likeness (QED) is 0.399. The molecule has 0 fully saturated rings. The van der Waals surface area contributed by atoms with Gasteiger partial charge in [-0.05, 0) is 31.2 Å². The molecule has 0 heterocycles. The molecule has 1 rings (SSSR count). The van der Waals surface area contributed by atoms with Gasteiger partial charge in [-0.2, -0.15) is 22.0 Å². The van der Waals surface area contributed by atoms with Gasteiger partial charge in [0.1, 0.15) is 5.75 Å². The van der Waals surface area contributed by atoms with Gasteiger partial charge in [-0.15, -0.1) is 24.2 Å². The molecule has 1 unspecified atom stereocenters. The fraction of sp³-hybridized carbons (Fsp3) is 0.455. The summed E-state index contributed by atoms with van der Waals surface area (Å²) < 4.78 is 81.9. The molecule has 134 valence electrons. The largest absolute Gasteiger partial charge is 0.527 e. The Kier molecular flexibility index (Phi) is 8.33. The Morgan fingerprint density at radius 2 is 1.70 bits per heavy atom. The zero-order valence-electron chi connectivity index (χ0n) is 11.5. The second kappa shape index (κ2) is 8.53. The van der Waals surface area contributed by atoms with Crippen molar-refractivity contribution in [3.8, 4) is 5.75 Å². The molecule has 12 heteroatoms. The van der Waals surface area contributed by atoms with E-state index in [1.54, 1.807) is 0 Å². The fourth-order valence-electron chi connectivity index (χ4n) is 1.18. The first-order chi connectivity index (χ1) is 9.97. The highest BCUT2D eigenvalue weighted by atomic mass is 35.5. The molecule has 1 atom stereocenters. The number of phosphoric ester groups is 1. The van der Waals surface area contributed by atoms with E-state index in [4.69, 9.17) is 0 Å². The summed E-state index contributed by atoms with van der Waals surface area (Å²) in [5.41, 5.74) is 0. The van der Waals surface area contributed by atoms with Crippen LogP contribution in [0.25, 0.3) is 0 Å². The van der Waals surface area contributed by atoms with Gasteiger partial charge < -0.3 is 4.52 Å². The topological polar surface area (TPSA) is 55.8 Å². The summed E-state index contributed by atoms with van der Waals surface area (Å²) in [6.07, 6.45) is -5.61. The molecule has 1 N–H and O–H groups in total. The van der Waals surface area contributed by atoms with Crippen LogP contribution in [0.3, 0.4) is 0 Å². The van der Waals surface area contributed by atoms with Crippen molar-refractivity contribution in [2.45, 2.75) is 23.9 Å². The van der Waals surface area contributed by atoms with Crippen molar-refractivity contribution in [2.75, 3.05) is 12.4 Å². The fourth-order valence-corrected chi connectivity index (χ4v) is 2.78. The van der Waals surface area contributed by atoms with Crippen molar-refractivity contribution >= 4 is 32.0 Å². The Morgan fingerprint density at radius 1 is 1.17 bits per heavy atom. The van der Waals surface area contributed by atoms with Gasteiger partial charge in [0.05, 0.1) is 12.4 Å². The molecule has 1 aromatic rings. The van der Waals surface area contributed by atoms with Crippen molar-refractivity contribution in [3.05, 3.63) is 24.3 Å². The molecule has 0 aliphatic carbocycles. The van der Waals surface area contributed by atoms with Crippen molar-refractivity contribution in [2.24, 2.45) is 0 Å². The van der Waals surface area contributed by atoms with E-state index in [0.29, 0.717) is 11.8 Å². The highest BCUT2D eigenvalue weighted by Crippen LogP contribution is 2.44. The molecule has 0 radical (unpaired) electrons. The summed E-state index contributed by atoms with van der Waals surface area (Å²) >= 11 is 0.303. The maximum absolute atomic E-state index is 12.7. The van der Waals surface area contributed by atoms with Crippen LogP contribution in [0.2, 0.25) is 0 Å². The molecular formula is C11H13ClF5O4PS. The van der Waals surface area contributed by atoms with Crippen LogP contribution in [-0.2, 0) is 9.09 Å². The van der Waals surface area contributed by atoms with Crippen molar-refractivity contribution in [3.63, 3.8) is 0 Å². The minimum Gasteiger partial charge on any atom is -0.404 e. The zero-order valence-corrected chi connectivity index (χ0v) is 14.1. The third kappa shape index (κ3) is 7.26. The lowest BCUT2D eigenvalue weighted by Gasteiger charge is -2.19. The molecule has 0 aromatic heterocycles. The summed E-state index contributed by atoms with van der Waals surface area (Å²) in [6.45, 7) is 1.42. The average molecular weight is 403 g/mol. The molecule has 0 aliphatic rings. The lowest BCUT2D eigenvalue weighted by atomic mass is 10.3. The second-order valence-corrected chi connectivity index (χ2v) is 6.37. The molecule has 0 saturated carbocycles. The van der Waals surface area contributed by atoms with Gasteiger partial charge in [-0.3, -0.25) is 9.42 Å². The van der Waals surface area contributed by atoms with Crippen LogP contribution in [0, 0.1) is 0 Å². The first kappa shape index (κ1) is 22.5. The number of thioether (sulfide) groups is 1. The standard InChI is InChI=1S/C11H12F5O4PS.ClH/c1-2-19-21(17,18)20-8-3-5-9(6-4-8)22-7-10(12,13)11(14,15)16;/h3-6H,2,7H2,1H3,(H,17,18);1H. The first-order valence-electron chi connectivity index (χ1n) is 5.81. The van der Waals surface area contributed by atoms with Gasteiger partial charge in [0.2, 0.25) is 0 Å². The molecule has 4 nitrogen and oxygen atoms in total. The van der Waals surface area contributed by atoms with Gasteiger partial charge >= 0.3 is 19.9 Å². The molecule has 0 saturated heterocycles. The van der Waals surface area contributed by atoms with Gasteiger partial charge in [-0.1, -0.05) is 0 Å². The smallest absolute Gasteiger partial charge is 0.404 e. The van der Waals surface area contributed by atoms with Crippen molar-refractivity contribution < 1.29 is 40.5 Å². The third-order valence-corrected chi connectivity index (χ3v) is 4.31. The molecule has 0 spiro atoms. The van der Waals surface area contributed by atoms with Crippen LogP contribution >= 0.6 is 32.0 Å². The molecule has 0 bridgehead atoms. The summed E-state index contributed by atoms with van der Waals surface area (Å²) in [6, 6.07) is 4.71. The van der Waals surface area contributed by atoms with E-state index >= 15 is 0 Å². The second-order valence-electron chi connectivity index (χ2n) is 3.94. The number of hydrogen-bond acceptors (Lipinski definition) is 4. The zero-order chi connectivity index (χ0) is 17.0. The van der Waals surface area contributed by atoms with Gasteiger partial charge in [0.25, 0.3) is 0 Å². The van der Waals surface area contributed by atoms with Crippen LogP contribution < -0.4 is 4.52 Å². The number of benzene rings is 1. The molecule has 23 heavy (non-hydrogen) atoms. The number of rotatable bonds is 7. The summed E-state index contributed by atoms with van der Waals surface area (Å²) in [4.78, 5) is 9.34. The van der Waals surface area contributed by atoms with Crippen LogP contribution in [0.15, 0.2) is 29.2 Å². The Balaban J connectivity index is 0.00000484. The number of phosphoric acid groups is 1. The maximum atomic E-state index is 12.7. The number of hydrogen-bond donors (Lipinski definition) is 1. The minimum atomic E-state index is -5.61. The lowest BCUT2D eigenvalue weighted by molar-refractivity contribution is -0.271. The predicted octanol–water partition coefficient (Wildman–Crippen LogP) is 4.91. The summed E-state index contributed by atoms with van der Waals surface area (Å²) in [5.74, 6) is -6.34. The van der Waals surface area contributed by atoms with E-state index in [0.717, 1.165) is 12.1 Å². The van der Waals surface area contributed by atoms with Crippen molar-refractivity contribution in [1.29, 1.82) is 0 Å². The van der Waals surface area contributed by atoms with E-state index in [1.807, 2.05) is 0 Å². The van der Waals surface area contributed by atoms with E-state index in [1.165, 1.54) is 19.1 Å². The highest BCUT2D eigenvalue weighted by Gasteiger charge is 2.57. The van der Waals surface area contributed by atoms with Crippen LogP contribution in [0.5, 0.6) is 5.75 Å². The van der Waals surface area contributed by atoms with Gasteiger partial charge in [0, 0.05) is 4.90 Å². The third-order valence-electron chi connectivity index (χ3n) is 2.17. The number of halogens is 6. The van der Waals surface area contributed by atoms with E-state index < -0.39 is 25.7 Å². The first-order valence-corrected chi connectivity index (χ1v) is 8.29. The molecule has 0 aliphatic heterocycles. The van der Waals surface area contributed by atoms with Crippen LogP contribution in [0.1, 0.15) is 6.92 Å². The van der Waals surface area contributed by atoms with Gasteiger partial charge in [-0.25, -0.2) is 4.57 Å². The minimum absolute atomic E-state index is 0. The summed E-state index contributed by atoms with van der Waals surface area (Å²) in [5, 5.41) is 0. The molecule has 0 amide bonds. The number of alkyl halides is 5. The van der Waals surface area contributed by atoms with Crippen molar-refractivity contribution in [1.82, 2.24) is 0 Å². The Morgan fingerprint density at radius 3 is 2.13 bits per heavy atom. The lowest BCUT2D eigenvalue weighted by Crippen LogP contribution is -2.38. The van der Waals surface area contributed by atoms with Crippen LogP contribution in [0.4, 0.5) is 22.0 Å². The Bertz CT molecular complexity index is 540. The Hall–Kier alpha value is -0.540. The average Bonchev–Trinajstić information content (AvgIpc) is 2.36. The van der Waals surface area contributed by atoms with E-state index in [9.17, 15) is 31.4 Å².